The summed E-state index contributed by atoms with van der Waals surface area (Å²) in [4.78, 5) is 30.6. The molecule has 0 spiro atoms. The molecule has 0 radical (unpaired) electrons. The van der Waals surface area contributed by atoms with Crippen LogP contribution in [-0.2, 0) is 9.47 Å². The number of nitrogens with zero attached hydrogens (tertiary/aromatic N) is 10. The van der Waals surface area contributed by atoms with Crippen LogP contribution in [0.5, 0.6) is 0 Å². The van der Waals surface area contributed by atoms with E-state index in [9.17, 15) is 0 Å². The lowest BCUT2D eigenvalue weighted by Crippen LogP contribution is -2.36. The van der Waals surface area contributed by atoms with Crippen molar-refractivity contribution in [3.63, 3.8) is 0 Å². The van der Waals surface area contributed by atoms with Crippen molar-refractivity contribution in [2.75, 3.05) is 73.5 Å². The first-order valence-electron chi connectivity index (χ1n) is 21.3. The van der Waals surface area contributed by atoms with Gasteiger partial charge in [0.05, 0.1) is 61.2 Å². The van der Waals surface area contributed by atoms with E-state index in [1.165, 1.54) is 11.4 Å². The fraction of sp³-hybridized carbons (Fsp3) is 0.292. The van der Waals surface area contributed by atoms with E-state index in [0.29, 0.717) is 18.0 Å². The van der Waals surface area contributed by atoms with Crippen LogP contribution in [0.1, 0.15) is 39.8 Å². The Morgan fingerprint density at radius 3 is 1.68 bits per heavy atom. The maximum Gasteiger partial charge on any atom is 0.227 e. The molecule has 63 heavy (non-hydrogen) atoms. The zero-order chi connectivity index (χ0) is 43.7. The fourth-order valence-corrected chi connectivity index (χ4v) is 7.93. The summed E-state index contributed by atoms with van der Waals surface area (Å²) >= 11 is 5.87. The molecule has 0 bridgehead atoms. The van der Waals surface area contributed by atoms with Crippen LogP contribution in [0.15, 0.2) is 122 Å². The van der Waals surface area contributed by atoms with Crippen LogP contribution >= 0.6 is 11.6 Å². The van der Waals surface area contributed by atoms with Crippen molar-refractivity contribution in [3.8, 4) is 22.5 Å². The van der Waals surface area contributed by atoms with E-state index >= 15 is 0 Å². The first-order chi connectivity index (χ1) is 30.7. The van der Waals surface area contributed by atoms with Crippen LogP contribution in [0.4, 0.5) is 28.7 Å². The number of nitrogens with two attached hydrogens (primary N) is 1. The number of nitrogens with one attached hydrogen (secondary N) is 1. The third-order valence-corrected chi connectivity index (χ3v) is 11.1. The summed E-state index contributed by atoms with van der Waals surface area (Å²) in [7, 11) is 0. The van der Waals surface area contributed by atoms with Crippen molar-refractivity contribution in [1.29, 1.82) is 0 Å². The van der Waals surface area contributed by atoms with Crippen LogP contribution in [0, 0.1) is 0 Å². The van der Waals surface area contributed by atoms with Crippen LogP contribution in [0.3, 0.4) is 0 Å². The summed E-state index contributed by atoms with van der Waals surface area (Å²) in [5.74, 6) is 0.580. The molecule has 10 rings (SSSR count). The van der Waals surface area contributed by atoms with Gasteiger partial charge in [-0.25, -0.2) is 19.9 Å². The Kier molecular flexibility index (Phi) is 13.7. The molecule has 0 unspecified atom stereocenters. The second-order valence-corrected chi connectivity index (χ2v) is 16.2. The first-order valence-corrected chi connectivity index (χ1v) is 21.7. The van der Waals surface area contributed by atoms with Gasteiger partial charge < -0.3 is 39.5 Å². The van der Waals surface area contributed by atoms with E-state index in [0.717, 1.165) is 108 Å². The van der Waals surface area contributed by atoms with Crippen molar-refractivity contribution >= 4 is 62.1 Å². The summed E-state index contributed by atoms with van der Waals surface area (Å²) in [5.41, 5.74) is 15.9. The molecule has 15 heteroatoms. The Morgan fingerprint density at radius 1 is 0.619 bits per heavy atom. The van der Waals surface area contributed by atoms with Gasteiger partial charge in [0.1, 0.15) is 0 Å². The van der Waals surface area contributed by atoms with Crippen LogP contribution in [0.25, 0.3) is 44.3 Å². The molecule has 3 N–H and O–H groups in total. The topological polar surface area (TPSA) is 150 Å². The van der Waals surface area contributed by atoms with Crippen LogP contribution in [0.2, 0.25) is 5.28 Å². The number of fused-ring (bicyclic) bond motifs is 2. The molecule has 0 aliphatic carbocycles. The molecule has 2 aliphatic rings. The predicted octanol–water partition coefficient (Wildman–Crippen LogP) is 9.49. The summed E-state index contributed by atoms with van der Waals surface area (Å²) in [6, 6.07) is 24.9. The van der Waals surface area contributed by atoms with E-state index in [-0.39, 0.29) is 5.28 Å². The van der Waals surface area contributed by atoms with Gasteiger partial charge in [0.15, 0.2) is 0 Å². The lowest BCUT2D eigenvalue weighted by molar-refractivity contribution is 0.122. The van der Waals surface area contributed by atoms with Gasteiger partial charge in [-0.05, 0) is 100.0 Å². The number of nitrogen functional groups attached to an aromatic ring is 1. The van der Waals surface area contributed by atoms with Gasteiger partial charge in [-0.3, -0.25) is 9.97 Å². The highest BCUT2D eigenvalue weighted by molar-refractivity contribution is 6.28. The van der Waals surface area contributed by atoms with Gasteiger partial charge >= 0.3 is 0 Å². The molecule has 6 aromatic heterocycles. The van der Waals surface area contributed by atoms with Gasteiger partial charge in [-0.1, -0.05) is 12.1 Å². The second-order valence-electron chi connectivity index (χ2n) is 15.8. The first kappa shape index (κ1) is 43.1. The van der Waals surface area contributed by atoms with Gasteiger partial charge in [0.25, 0.3) is 0 Å². The van der Waals surface area contributed by atoms with Crippen LogP contribution < -0.4 is 20.9 Å². The van der Waals surface area contributed by atoms with Crippen molar-refractivity contribution in [2.45, 2.75) is 39.8 Å². The Hall–Kier alpha value is -6.61. The van der Waals surface area contributed by atoms with E-state index in [2.05, 4.69) is 114 Å². The van der Waals surface area contributed by atoms with E-state index in [1.807, 2.05) is 67.1 Å². The molecule has 0 atom stereocenters. The molecule has 0 amide bonds. The highest BCUT2D eigenvalue weighted by Crippen LogP contribution is 2.33. The maximum absolute atomic E-state index is 5.87. The number of benzene rings is 2. The Labute approximate surface area is 372 Å². The largest absolute Gasteiger partial charge is 0.399 e. The number of pyridine rings is 2. The molecular formula is C48H53ClN12O2. The lowest BCUT2D eigenvalue weighted by Gasteiger charge is -2.29. The van der Waals surface area contributed by atoms with Gasteiger partial charge in [-0.15, -0.1) is 0 Å². The van der Waals surface area contributed by atoms with E-state index < -0.39 is 0 Å². The highest BCUT2D eigenvalue weighted by Gasteiger charge is 2.17. The van der Waals surface area contributed by atoms with Crippen molar-refractivity contribution in [1.82, 2.24) is 39.0 Å². The zero-order valence-corrected chi connectivity index (χ0v) is 36.9. The van der Waals surface area contributed by atoms with Gasteiger partial charge in [0.2, 0.25) is 11.2 Å². The molecule has 2 fully saturated rings. The van der Waals surface area contributed by atoms with Crippen molar-refractivity contribution < 1.29 is 9.47 Å². The molecule has 0 saturated carbocycles. The highest BCUT2D eigenvalue weighted by atomic mass is 35.5. The minimum Gasteiger partial charge on any atom is -0.399 e. The van der Waals surface area contributed by atoms with Crippen LogP contribution in [-0.4, -0.2) is 91.6 Å². The van der Waals surface area contributed by atoms with Gasteiger partial charge in [0, 0.05) is 120 Å². The lowest BCUT2D eigenvalue weighted by atomic mass is 10.1. The van der Waals surface area contributed by atoms with Gasteiger partial charge in [-0.2, -0.15) is 0 Å². The van der Waals surface area contributed by atoms with Crippen molar-refractivity contribution in [3.05, 3.63) is 128 Å². The molecule has 14 nitrogen and oxygen atoms in total. The molecule has 2 saturated heterocycles. The molecule has 324 valence electrons. The molecule has 8 heterocycles. The Balaban J connectivity index is 0.000000144. The number of halogens is 1. The minimum atomic E-state index is 0.261. The summed E-state index contributed by atoms with van der Waals surface area (Å²) in [6.07, 6.45) is 15.1. The number of hydrogen-bond acceptors (Lipinski definition) is 12. The monoisotopic (exact) mass is 864 g/mol. The number of anilines is 5. The summed E-state index contributed by atoms with van der Waals surface area (Å²) in [6.45, 7) is 15.5. The Bertz CT molecular complexity index is 2760. The summed E-state index contributed by atoms with van der Waals surface area (Å²) in [5, 5.41) is 5.90. The minimum absolute atomic E-state index is 0.261. The number of aromatic nitrogens is 8. The van der Waals surface area contributed by atoms with E-state index in [4.69, 9.17) is 31.8 Å². The third kappa shape index (κ3) is 10.4. The predicted molar refractivity (Wildman–Crippen MR) is 254 cm³/mol. The number of hydrogen-bond donors (Lipinski definition) is 2. The third-order valence-electron chi connectivity index (χ3n) is 10.9. The molecule has 2 aromatic carbocycles. The quantitative estimate of drug-likeness (QED) is 0.111. The normalized spacial score (nSPS) is 14.1. The molecule has 8 aromatic rings. The fourth-order valence-electron chi connectivity index (χ4n) is 7.79. The molecular weight excluding hydrogens is 812 g/mol. The Morgan fingerprint density at radius 2 is 1.14 bits per heavy atom. The van der Waals surface area contributed by atoms with E-state index in [1.54, 1.807) is 18.6 Å². The summed E-state index contributed by atoms with van der Waals surface area (Å²) < 4.78 is 15.2. The average Bonchev–Trinajstić information content (AvgIpc) is 3.91. The smallest absolute Gasteiger partial charge is 0.227 e. The maximum atomic E-state index is 5.87. The molecule has 2 aliphatic heterocycles. The zero-order valence-electron chi connectivity index (χ0n) is 36.1. The second kappa shape index (κ2) is 20.1. The number of ether oxygens (including phenoxy) is 2. The number of morpholine rings is 2. The number of rotatable bonds is 8. The standard InChI is InChI=1S/C24H26N6O.C14H13ClN4.C10H14N2O/c1-17(2)30-16-21(20-6-8-25-15-23(20)30)22-7-9-26-24(28-22)27-18-4-3-5-19(14-18)29-10-12-31-13-11-29;1-9(2)19-8-11(10-3-5-16-7-13(10)19)12-4-6-17-14(15)18-12;11-9-2-1-3-10(8-9)12-4-6-13-7-5-12/h3-9,14-17H,10-13H2,1-2H3,(H,26,27,28);3-9H,1-2H3;1-3,8H,4-7,11H2. The average molecular weight is 865 g/mol. The SMILES string of the molecule is CC(C)n1cc(-c2ccnc(Cl)n2)c2ccncc21.CC(C)n1cc(-c2ccnc(Nc3cccc(N4CCOCC4)c3)n2)c2ccncc21.Nc1cccc(N2CCOCC2)c1. The van der Waals surface area contributed by atoms with Crippen molar-refractivity contribution in [2.24, 2.45) is 0 Å².